The largest absolute Gasteiger partial charge is 0.256 e. The van der Waals surface area contributed by atoms with E-state index in [1.165, 1.54) is 6.33 Å². The zero-order valence-corrected chi connectivity index (χ0v) is 8.28. The highest BCUT2D eigenvalue weighted by molar-refractivity contribution is 5.56. The Hall–Kier alpha value is -2.50. The van der Waals surface area contributed by atoms with Gasteiger partial charge in [0.15, 0.2) is 0 Å². The third-order valence-corrected chi connectivity index (χ3v) is 2.16. The molecule has 3 rings (SSSR count). The fraction of sp³-hybridized carbons (Fsp3) is 0. The molecule has 0 aliphatic heterocycles. The first-order chi connectivity index (χ1) is 7.93. The van der Waals surface area contributed by atoms with Gasteiger partial charge in [0, 0.05) is 18.0 Å². The van der Waals surface area contributed by atoms with Crippen molar-refractivity contribution in [1.29, 1.82) is 0 Å². The summed E-state index contributed by atoms with van der Waals surface area (Å²) in [6, 6.07) is 5.75. The molecule has 0 aromatic carbocycles. The quantitative estimate of drug-likeness (QED) is 0.689. The highest BCUT2D eigenvalue weighted by Gasteiger charge is 2.04. The molecular formula is C10H8N6. The van der Waals surface area contributed by atoms with E-state index in [2.05, 4.69) is 25.3 Å². The summed E-state index contributed by atoms with van der Waals surface area (Å²) in [6.07, 6.45) is 6.78. The third-order valence-electron chi connectivity index (χ3n) is 2.16. The molecule has 3 aromatic rings. The summed E-state index contributed by atoms with van der Waals surface area (Å²) >= 11 is 0. The van der Waals surface area contributed by atoms with Gasteiger partial charge in [-0.1, -0.05) is 6.07 Å². The van der Waals surface area contributed by atoms with Crippen LogP contribution < -0.4 is 0 Å². The summed E-state index contributed by atoms with van der Waals surface area (Å²) in [4.78, 5) is 8.25. The summed E-state index contributed by atoms with van der Waals surface area (Å²) in [7, 11) is 0. The first-order valence-electron chi connectivity index (χ1n) is 4.75. The molecule has 6 nitrogen and oxygen atoms in total. The van der Waals surface area contributed by atoms with E-state index in [1.807, 2.05) is 24.4 Å². The predicted octanol–water partition coefficient (Wildman–Crippen LogP) is 1.05. The first kappa shape index (κ1) is 8.78. The molecule has 0 aliphatic carbocycles. The van der Waals surface area contributed by atoms with Crippen molar-refractivity contribution < 1.29 is 0 Å². The molecule has 0 fully saturated rings. The Morgan fingerprint density at radius 3 is 2.94 bits per heavy atom. The van der Waals surface area contributed by atoms with E-state index in [0.717, 1.165) is 11.3 Å². The molecule has 0 amide bonds. The van der Waals surface area contributed by atoms with Gasteiger partial charge in [0.25, 0.3) is 0 Å². The average molecular weight is 212 g/mol. The lowest BCUT2D eigenvalue weighted by atomic mass is 10.2. The molecule has 0 saturated heterocycles. The smallest absolute Gasteiger partial charge is 0.246 e. The van der Waals surface area contributed by atoms with Gasteiger partial charge in [0.2, 0.25) is 5.95 Å². The lowest BCUT2D eigenvalue weighted by Gasteiger charge is -1.93. The molecule has 3 aromatic heterocycles. The summed E-state index contributed by atoms with van der Waals surface area (Å²) in [6.45, 7) is 0. The zero-order valence-electron chi connectivity index (χ0n) is 8.28. The van der Waals surface area contributed by atoms with Crippen LogP contribution in [0.25, 0.3) is 17.2 Å². The van der Waals surface area contributed by atoms with Crippen LogP contribution in [0, 0.1) is 0 Å². The van der Waals surface area contributed by atoms with Gasteiger partial charge in [-0.05, 0) is 12.1 Å². The maximum atomic E-state index is 4.24. The molecule has 0 atom stereocenters. The number of aromatic amines is 1. The van der Waals surface area contributed by atoms with E-state index >= 15 is 0 Å². The second-order valence-corrected chi connectivity index (χ2v) is 3.20. The molecule has 0 spiro atoms. The van der Waals surface area contributed by atoms with E-state index in [0.29, 0.717) is 5.95 Å². The maximum absolute atomic E-state index is 4.24. The van der Waals surface area contributed by atoms with Crippen molar-refractivity contribution in [1.82, 2.24) is 29.9 Å². The van der Waals surface area contributed by atoms with Crippen LogP contribution in [0.1, 0.15) is 0 Å². The van der Waals surface area contributed by atoms with Crippen LogP contribution in [0.5, 0.6) is 0 Å². The van der Waals surface area contributed by atoms with Gasteiger partial charge in [-0.3, -0.25) is 4.98 Å². The van der Waals surface area contributed by atoms with Crippen molar-refractivity contribution in [3.63, 3.8) is 0 Å². The van der Waals surface area contributed by atoms with Crippen LogP contribution in [0.3, 0.4) is 0 Å². The van der Waals surface area contributed by atoms with E-state index < -0.39 is 0 Å². The number of hydrogen-bond acceptors (Lipinski definition) is 4. The van der Waals surface area contributed by atoms with Crippen molar-refractivity contribution >= 4 is 0 Å². The van der Waals surface area contributed by atoms with E-state index in [9.17, 15) is 0 Å². The van der Waals surface area contributed by atoms with Crippen molar-refractivity contribution in [2.75, 3.05) is 0 Å². The fourth-order valence-corrected chi connectivity index (χ4v) is 1.41. The lowest BCUT2D eigenvalue weighted by molar-refractivity contribution is 0.813. The molecule has 0 bridgehead atoms. The maximum Gasteiger partial charge on any atom is 0.246 e. The lowest BCUT2D eigenvalue weighted by Crippen LogP contribution is -1.96. The predicted molar refractivity (Wildman–Crippen MR) is 56.7 cm³/mol. The number of rotatable bonds is 2. The number of pyridine rings is 1. The Morgan fingerprint density at radius 1 is 1.19 bits per heavy atom. The minimum atomic E-state index is 0.585. The molecule has 16 heavy (non-hydrogen) atoms. The average Bonchev–Trinajstić information content (AvgIpc) is 3.01. The zero-order chi connectivity index (χ0) is 10.8. The molecule has 1 N–H and O–H groups in total. The summed E-state index contributed by atoms with van der Waals surface area (Å²) in [5.74, 6) is 0.585. The normalized spacial score (nSPS) is 10.5. The monoisotopic (exact) mass is 212 g/mol. The van der Waals surface area contributed by atoms with Gasteiger partial charge in [-0.25, -0.2) is 9.78 Å². The Balaban J connectivity index is 2.00. The van der Waals surface area contributed by atoms with Crippen LogP contribution in [-0.4, -0.2) is 29.9 Å². The molecule has 0 radical (unpaired) electrons. The summed E-state index contributed by atoms with van der Waals surface area (Å²) in [5, 5.41) is 10.7. The number of H-pyrrole nitrogens is 1. The van der Waals surface area contributed by atoms with Crippen molar-refractivity contribution in [2.45, 2.75) is 0 Å². The molecular weight excluding hydrogens is 204 g/mol. The highest BCUT2D eigenvalue weighted by atomic mass is 15.4. The van der Waals surface area contributed by atoms with Crippen molar-refractivity contribution in [2.24, 2.45) is 0 Å². The minimum Gasteiger partial charge on any atom is -0.256 e. The van der Waals surface area contributed by atoms with Crippen LogP contribution >= 0.6 is 0 Å². The third kappa shape index (κ3) is 1.46. The van der Waals surface area contributed by atoms with Gasteiger partial charge in [-0.2, -0.15) is 15.2 Å². The van der Waals surface area contributed by atoms with Crippen molar-refractivity contribution in [3.05, 3.63) is 43.1 Å². The summed E-state index contributed by atoms with van der Waals surface area (Å²) < 4.78 is 1.62. The number of hydrogen-bond donors (Lipinski definition) is 1. The molecule has 0 saturated carbocycles. The Kier molecular flexibility index (Phi) is 1.96. The van der Waals surface area contributed by atoms with Gasteiger partial charge in [-0.15, -0.1) is 0 Å². The highest BCUT2D eigenvalue weighted by Crippen LogP contribution is 2.15. The second-order valence-electron chi connectivity index (χ2n) is 3.20. The van der Waals surface area contributed by atoms with Crippen LogP contribution in [0.15, 0.2) is 43.1 Å². The minimum absolute atomic E-state index is 0.585. The van der Waals surface area contributed by atoms with Gasteiger partial charge < -0.3 is 0 Å². The van der Waals surface area contributed by atoms with Gasteiger partial charge >= 0.3 is 0 Å². The van der Waals surface area contributed by atoms with Crippen molar-refractivity contribution in [3.8, 4) is 17.2 Å². The summed E-state index contributed by atoms with van der Waals surface area (Å²) in [5.41, 5.74) is 1.82. The molecule has 6 heteroatoms. The van der Waals surface area contributed by atoms with E-state index in [-0.39, 0.29) is 0 Å². The molecule has 0 unspecified atom stereocenters. The van der Waals surface area contributed by atoms with Crippen LogP contribution in [0.2, 0.25) is 0 Å². The standard InChI is InChI=1S/C10H8N6/c1-2-4-11-9(3-1)8-5-14-16(6-8)10-12-7-13-15-10/h1-7H,(H,12,13,15). The molecule has 78 valence electrons. The van der Waals surface area contributed by atoms with Crippen LogP contribution in [0.4, 0.5) is 0 Å². The molecule has 3 heterocycles. The SMILES string of the molecule is c1ccc(-c2cnn(-c3ncn[nH]3)c2)nc1. The Bertz CT molecular complexity index is 568. The number of nitrogens with zero attached hydrogens (tertiary/aromatic N) is 5. The van der Waals surface area contributed by atoms with Crippen LogP contribution in [-0.2, 0) is 0 Å². The number of aromatic nitrogens is 6. The van der Waals surface area contributed by atoms with Gasteiger partial charge in [0.05, 0.1) is 11.9 Å². The number of nitrogens with one attached hydrogen (secondary N) is 1. The van der Waals surface area contributed by atoms with E-state index in [4.69, 9.17) is 0 Å². The topological polar surface area (TPSA) is 72.3 Å². The van der Waals surface area contributed by atoms with E-state index in [1.54, 1.807) is 17.1 Å². The van der Waals surface area contributed by atoms with Gasteiger partial charge in [0.1, 0.15) is 6.33 Å². The Labute approximate surface area is 91.0 Å². The second kappa shape index (κ2) is 3.58. The first-order valence-corrected chi connectivity index (χ1v) is 4.75. The molecule has 0 aliphatic rings. The fourth-order valence-electron chi connectivity index (χ4n) is 1.41. The Morgan fingerprint density at radius 2 is 2.19 bits per heavy atom.